The largest absolute Gasteiger partial charge is 0.491 e. The molecule has 96 valence electrons. The van der Waals surface area contributed by atoms with Gasteiger partial charge in [0.25, 0.3) is 0 Å². The fraction of sp³-hybridized carbons (Fsp3) is 0.357. The van der Waals surface area contributed by atoms with Crippen LogP contribution in [0.2, 0.25) is 0 Å². The van der Waals surface area contributed by atoms with Crippen LogP contribution in [-0.4, -0.2) is 21.3 Å². The van der Waals surface area contributed by atoms with Crippen molar-refractivity contribution in [2.75, 3.05) is 6.61 Å². The predicted octanol–water partition coefficient (Wildman–Crippen LogP) is 2.32. The second kappa shape index (κ2) is 5.69. The van der Waals surface area contributed by atoms with Crippen molar-refractivity contribution < 1.29 is 9.84 Å². The maximum Gasteiger partial charge on any atom is 0.122 e. The molecule has 0 amide bonds. The number of imidazole rings is 1. The van der Waals surface area contributed by atoms with Crippen LogP contribution in [-0.2, 0) is 6.54 Å². The quantitative estimate of drug-likeness (QED) is 0.880. The first-order valence-electron chi connectivity index (χ1n) is 6.04. The van der Waals surface area contributed by atoms with Crippen molar-refractivity contribution in [2.24, 2.45) is 0 Å². The SMILES string of the molecule is Cc1cc(C(C)O)ccc1OCCn1ccnc1. The Labute approximate surface area is 107 Å². The number of nitrogens with zero attached hydrogens (tertiary/aromatic N) is 2. The highest BCUT2D eigenvalue weighted by Gasteiger charge is 2.05. The summed E-state index contributed by atoms with van der Waals surface area (Å²) in [4.78, 5) is 3.98. The Hall–Kier alpha value is -1.81. The van der Waals surface area contributed by atoms with E-state index in [2.05, 4.69) is 4.98 Å². The van der Waals surface area contributed by atoms with Gasteiger partial charge in [-0.05, 0) is 37.1 Å². The first-order valence-corrected chi connectivity index (χ1v) is 6.04. The summed E-state index contributed by atoms with van der Waals surface area (Å²) in [6.07, 6.45) is 4.99. The number of aryl methyl sites for hydroxylation is 1. The van der Waals surface area contributed by atoms with E-state index in [1.54, 1.807) is 19.4 Å². The summed E-state index contributed by atoms with van der Waals surface area (Å²) in [7, 11) is 0. The van der Waals surface area contributed by atoms with Gasteiger partial charge in [0.15, 0.2) is 0 Å². The molecule has 0 spiro atoms. The van der Waals surface area contributed by atoms with Crippen LogP contribution in [0.4, 0.5) is 0 Å². The molecular weight excluding hydrogens is 228 g/mol. The van der Waals surface area contributed by atoms with E-state index in [1.807, 2.05) is 35.9 Å². The Kier molecular flexibility index (Phi) is 3.99. The van der Waals surface area contributed by atoms with Crippen LogP contribution in [0.25, 0.3) is 0 Å². The average Bonchev–Trinajstić information content (AvgIpc) is 2.84. The van der Waals surface area contributed by atoms with E-state index in [-0.39, 0.29) is 0 Å². The zero-order valence-electron chi connectivity index (χ0n) is 10.7. The summed E-state index contributed by atoms with van der Waals surface area (Å²) in [5.41, 5.74) is 1.95. The summed E-state index contributed by atoms with van der Waals surface area (Å²) in [5.74, 6) is 0.861. The van der Waals surface area contributed by atoms with Crippen LogP contribution >= 0.6 is 0 Å². The van der Waals surface area contributed by atoms with Crippen molar-refractivity contribution >= 4 is 0 Å². The van der Waals surface area contributed by atoms with Gasteiger partial charge in [-0.2, -0.15) is 0 Å². The molecule has 0 saturated heterocycles. The molecule has 1 aromatic heterocycles. The van der Waals surface area contributed by atoms with Crippen LogP contribution in [0.3, 0.4) is 0 Å². The minimum absolute atomic E-state index is 0.441. The Balaban J connectivity index is 1.93. The van der Waals surface area contributed by atoms with Gasteiger partial charge in [-0.25, -0.2) is 4.98 Å². The zero-order chi connectivity index (χ0) is 13.0. The molecule has 2 aromatic rings. The minimum Gasteiger partial charge on any atom is -0.491 e. The molecule has 0 fully saturated rings. The van der Waals surface area contributed by atoms with Crippen molar-refractivity contribution in [1.29, 1.82) is 0 Å². The molecule has 0 radical (unpaired) electrons. The Morgan fingerprint density at radius 1 is 1.44 bits per heavy atom. The number of benzene rings is 1. The summed E-state index contributed by atoms with van der Waals surface area (Å²) < 4.78 is 7.69. The van der Waals surface area contributed by atoms with Gasteiger partial charge in [0.05, 0.1) is 19.0 Å². The van der Waals surface area contributed by atoms with Crippen molar-refractivity contribution in [3.8, 4) is 5.75 Å². The first-order chi connectivity index (χ1) is 8.66. The summed E-state index contributed by atoms with van der Waals surface area (Å²) >= 11 is 0. The van der Waals surface area contributed by atoms with Gasteiger partial charge >= 0.3 is 0 Å². The zero-order valence-corrected chi connectivity index (χ0v) is 10.7. The molecule has 1 N–H and O–H groups in total. The maximum atomic E-state index is 9.49. The molecule has 18 heavy (non-hydrogen) atoms. The maximum absolute atomic E-state index is 9.49. The molecule has 0 aliphatic carbocycles. The molecule has 1 aromatic carbocycles. The predicted molar refractivity (Wildman–Crippen MR) is 69.5 cm³/mol. The molecule has 0 bridgehead atoms. The topological polar surface area (TPSA) is 47.3 Å². The third kappa shape index (κ3) is 3.11. The molecule has 1 atom stereocenters. The fourth-order valence-corrected chi connectivity index (χ4v) is 1.77. The molecule has 1 heterocycles. The van der Waals surface area contributed by atoms with Gasteiger partial charge < -0.3 is 14.4 Å². The molecule has 4 nitrogen and oxygen atoms in total. The van der Waals surface area contributed by atoms with Gasteiger partial charge in [0, 0.05) is 12.4 Å². The lowest BCUT2D eigenvalue weighted by Gasteiger charge is -2.12. The molecule has 0 aliphatic rings. The molecule has 2 rings (SSSR count). The van der Waals surface area contributed by atoms with Crippen LogP contribution < -0.4 is 4.74 Å². The van der Waals surface area contributed by atoms with Crippen molar-refractivity contribution in [2.45, 2.75) is 26.5 Å². The number of rotatable bonds is 5. The van der Waals surface area contributed by atoms with Crippen molar-refractivity contribution in [3.05, 3.63) is 48.0 Å². The monoisotopic (exact) mass is 246 g/mol. The molecule has 0 saturated carbocycles. The molecule has 1 unspecified atom stereocenters. The second-order valence-corrected chi connectivity index (χ2v) is 4.35. The third-order valence-electron chi connectivity index (χ3n) is 2.85. The second-order valence-electron chi connectivity index (χ2n) is 4.35. The van der Waals surface area contributed by atoms with Crippen molar-refractivity contribution in [3.63, 3.8) is 0 Å². The van der Waals surface area contributed by atoms with Crippen LogP contribution in [0.5, 0.6) is 5.75 Å². The van der Waals surface area contributed by atoms with Crippen molar-refractivity contribution in [1.82, 2.24) is 9.55 Å². The van der Waals surface area contributed by atoms with Gasteiger partial charge in [-0.3, -0.25) is 0 Å². The number of aliphatic hydroxyl groups is 1. The number of aliphatic hydroxyl groups excluding tert-OH is 1. The van der Waals surface area contributed by atoms with E-state index >= 15 is 0 Å². The summed E-state index contributed by atoms with van der Waals surface area (Å²) in [5, 5.41) is 9.49. The lowest BCUT2D eigenvalue weighted by molar-refractivity contribution is 0.199. The smallest absolute Gasteiger partial charge is 0.122 e. The van der Waals surface area contributed by atoms with Crippen LogP contribution in [0.15, 0.2) is 36.9 Å². The molecule has 4 heteroatoms. The van der Waals surface area contributed by atoms with Gasteiger partial charge in [0.1, 0.15) is 12.4 Å². The summed E-state index contributed by atoms with van der Waals surface area (Å²) in [6.45, 7) is 5.12. The Bertz CT molecular complexity index is 493. The highest BCUT2D eigenvalue weighted by Crippen LogP contribution is 2.22. The van der Waals surface area contributed by atoms with E-state index in [1.165, 1.54) is 0 Å². The number of hydrogen-bond donors (Lipinski definition) is 1. The highest BCUT2D eigenvalue weighted by atomic mass is 16.5. The normalized spacial score (nSPS) is 12.4. The lowest BCUT2D eigenvalue weighted by Crippen LogP contribution is -2.07. The van der Waals surface area contributed by atoms with Crippen LogP contribution in [0.1, 0.15) is 24.2 Å². The van der Waals surface area contributed by atoms with E-state index in [9.17, 15) is 5.11 Å². The number of ether oxygens (including phenoxy) is 1. The van der Waals surface area contributed by atoms with Gasteiger partial charge in [-0.1, -0.05) is 6.07 Å². The number of aromatic nitrogens is 2. The van der Waals surface area contributed by atoms with Crippen LogP contribution in [0, 0.1) is 6.92 Å². The third-order valence-corrected chi connectivity index (χ3v) is 2.85. The van der Waals surface area contributed by atoms with Gasteiger partial charge in [0.2, 0.25) is 0 Å². The Morgan fingerprint density at radius 2 is 2.28 bits per heavy atom. The first kappa shape index (κ1) is 12.6. The standard InChI is InChI=1S/C14H18N2O2/c1-11-9-13(12(2)17)3-4-14(11)18-8-7-16-6-5-15-10-16/h3-6,9-10,12,17H,7-8H2,1-2H3. The highest BCUT2D eigenvalue weighted by molar-refractivity contribution is 5.36. The minimum atomic E-state index is -0.441. The molecular formula is C14H18N2O2. The average molecular weight is 246 g/mol. The Morgan fingerprint density at radius 3 is 2.89 bits per heavy atom. The number of hydrogen-bond acceptors (Lipinski definition) is 3. The van der Waals surface area contributed by atoms with Gasteiger partial charge in [-0.15, -0.1) is 0 Å². The lowest BCUT2D eigenvalue weighted by atomic mass is 10.1. The fourth-order valence-electron chi connectivity index (χ4n) is 1.77. The summed E-state index contributed by atoms with van der Waals surface area (Å²) in [6, 6.07) is 5.76. The van der Waals surface area contributed by atoms with E-state index in [0.29, 0.717) is 6.61 Å². The van der Waals surface area contributed by atoms with E-state index in [0.717, 1.165) is 23.4 Å². The van der Waals surface area contributed by atoms with E-state index in [4.69, 9.17) is 4.74 Å². The molecule has 0 aliphatic heterocycles. The van der Waals surface area contributed by atoms with E-state index < -0.39 is 6.10 Å².